The maximum Gasteiger partial charge on any atom is 0.319 e. The largest absolute Gasteiger partial charge is 0.508 e. The summed E-state index contributed by atoms with van der Waals surface area (Å²) in [5.74, 6) is 0.733. The molecule has 1 atom stereocenters. The van der Waals surface area contributed by atoms with E-state index in [0.717, 1.165) is 18.4 Å². The van der Waals surface area contributed by atoms with Crippen LogP contribution >= 0.6 is 0 Å². The predicted octanol–water partition coefficient (Wildman–Crippen LogP) is 2.89. The molecular weight excluding hydrogens is 346 g/mol. The van der Waals surface area contributed by atoms with E-state index in [2.05, 4.69) is 10.6 Å². The van der Waals surface area contributed by atoms with Gasteiger partial charge in [0, 0.05) is 19.3 Å². The Labute approximate surface area is 157 Å². The zero-order valence-electron chi connectivity index (χ0n) is 15.4. The Morgan fingerprint density at radius 1 is 1.22 bits per heavy atom. The highest BCUT2D eigenvalue weighted by Gasteiger charge is 2.29. The molecule has 0 aromatic heterocycles. The number of carbonyl (C=O) groups is 2. The molecule has 2 aromatic carbocycles. The maximum absolute atomic E-state index is 12.1. The smallest absolute Gasteiger partial charge is 0.319 e. The number of aryl methyl sites for hydroxylation is 1. The van der Waals surface area contributed by atoms with Gasteiger partial charge in [-0.25, -0.2) is 4.79 Å². The standard InChI is InChI=1S/C20H23N3O4/c1-13-19(25)23(2)17-12-15(7-10-18(17)27-13)22-20(26)21-11-3-4-14-5-8-16(24)9-6-14/h5-10,12-13,24H,3-4,11H2,1-2H3,(H2,21,22,26)/t13-/m0/s1. The number of anilines is 2. The quantitative estimate of drug-likeness (QED) is 0.707. The summed E-state index contributed by atoms with van der Waals surface area (Å²) < 4.78 is 5.57. The lowest BCUT2D eigenvalue weighted by molar-refractivity contribution is -0.125. The minimum atomic E-state index is -0.516. The molecule has 1 heterocycles. The maximum atomic E-state index is 12.1. The number of phenols is 1. The molecule has 7 nitrogen and oxygen atoms in total. The second-order valence-corrected chi connectivity index (χ2v) is 6.49. The first-order valence-electron chi connectivity index (χ1n) is 8.85. The van der Waals surface area contributed by atoms with Crippen molar-refractivity contribution in [1.29, 1.82) is 0 Å². The normalized spacial score (nSPS) is 15.7. The van der Waals surface area contributed by atoms with Crippen LogP contribution in [0.25, 0.3) is 0 Å². The zero-order valence-corrected chi connectivity index (χ0v) is 15.4. The molecule has 1 aliphatic heterocycles. The summed E-state index contributed by atoms with van der Waals surface area (Å²) in [4.78, 5) is 25.6. The molecule has 3 rings (SSSR count). The summed E-state index contributed by atoms with van der Waals surface area (Å²) in [6.07, 6.45) is 1.07. The summed E-state index contributed by atoms with van der Waals surface area (Å²) in [5.41, 5.74) is 2.32. The molecule has 7 heteroatoms. The van der Waals surface area contributed by atoms with Crippen molar-refractivity contribution in [2.45, 2.75) is 25.9 Å². The lowest BCUT2D eigenvalue weighted by Crippen LogP contribution is -2.42. The van der Waals surface area contributed by atoms with Crippen LogP contribution in [0.4, 0.5) is 16.2 Å². The van der Waals surface area contributed by atoms with Gasteiger partial charge in [0.05, 0.1) is 5.69 Å². The number of carbonyl (C=O) groups excluding carboxylic acids is 2. The molecule has 1 aliphatic rings. The third-order valence-electron chi connectivity index (χ3n) is 4.42. The fourth-order valence-corrected chi connectivity index (χ4v) is 2.92. The monoisotopic (exact) mass is 369 g/mol. The lowest BCUT2D eigenvalue weighted by Gasteiger charge is -2.30. The molecule has 0 fully saturated rings. The van der Waals surface area contributed by atoms with E-state index < -0.39 is 6.10 Å². The second kappa shape index (κ2) is 7.99. The van der Waals surface area contributed by atoms with Crippen molar-refractivity contribution < 1.29 is 19.4 Å². The molecule has 2 aromatic rings. The fourth-order valence-electron chi connectivity index (χ4n) is 2.92. The van der Waals surface area contributed by atoms with Crippen LogP contribution in [0.1, 0.15) is 18.9 Å². The summed E-state index contributed by atoms with van der Waals surface area (Å²) in [7, 11) is 1.69. The van der Waals surface area contributed by atoms with Gasteiger partial charge in [-0.15, -0.1) is 0 Å². The Hall–Kier alpha value is -3.22. The van der Waals surface area contributed by atoms with Gasteiger partial charge in [-0.05, 0) is 55.7 Å². The molecule has 0 radical (unpaired) electrons. The Kier molecular flexibility index (Phi) is 5.49. The van der Waals surface area contributed by atoms with Crippen molar-refractivity contribution in [2.75, 3.05) is 23.8 Å². The molecule has 0 aliphatic carbocycles. The first-order valence-corrected chi connectivity index (χ1v) is 8.85. The van der Waals surface area contributed by atoms with Gasteiger partial charge in [0.25, 0.3) is 5.91 Å². The van der Waals surface area contributed by atoms with Crippen molar-refractivity contribution in [3.8, 4) is 11.5 Å². The van der Waals surface area contributed by atoms with Gasteiger partial charge in [-0.3, -0.25) is 4.79 Å². The number of nitrogens with one attached hydrogen (secondary N) is 2. The van der Waals surface area contributed by atoms with Gasteiger partial charge in [-0.2, -0.15) is 0 Å². The van der Waals surface area contributed by atoms with Crippen LogP contribution in [0.5, 0.6) is 11.5 Å². The number of hydrogen-bond donors (Lipinski definition) is 3. The number of ether oxygens (including phenoxy) is 1. The Morgan fingerprint density at radius 2 is 1.96 bits per heavy atom. The van der Waals surface area contributed by atoms with E-state index in [0.29, 0.717) is 23.7 Å². The van der Waals surface area contributed by atoms with Crippen molar-refractivity contribution in [3.63, 3.8) is 0 Å². The van der Waals surface area contributed by atoms with Gasteiger partial charge in [0.1, 0.15) is 11.5 Å². The van der Waals surface area contributed by atoms with Crippen LogP contribution in [0.2, 0.25) is 0 Å². The Bertz CT molecular complexity index is 836. The lowest BCUT2D eigenvalue weighted by atomic mass is 10.1. The number of aromatic hydroxyl groups is 1. The number of amides is 3. The summed E-state index contributed by atoms with van der Waals surface area (Å²) in [5, 5.41) is 14.8. The molecule has 0 spiro atoms. The number of fused-ring (bicyclic) bond motifs is 1. The zero-order chi connectivity index (χ0) is 19.4. The molecule has 0 bridgehead atoms. The highest BCUT2D eigenvalue weighted by Crippen LogP contribution is 2.35. The van der Waals surface area contributed by atoms with E-state index >= 15 is 0 Å². The van der Waals surface area contributed by atoms with Crippen molar-refractivity contribution in [2.24, 2.45) is 0 Å². The summed E-state index contributed by atoms with van der Waals surface area (Å²) in [6, 6.07) is 11.9. The molecule has 142 valence electrons. The topological polar surface area (TPSA) is 90.9 Å². The number of benzene rings is 2. The fraction of sp³-hybridized carbons (Fsp3) is 0.300. The average molecular weight is 369 g/mol. The summed E-state index contributed by atoms with van der Waals surface area (Å²) >= 11 is 0. The van der Waals surface area contributed by atoms with Crippen molar-refractivity contribution >= 4 is 23.3 Å². The molecule has 27 heavy (non-hydrogen) atoms. The number of nitrogens with zero attached hydrogens (tertiary/aromatic N) is 1. The molecule has 3 amide bonds. The van der Waals surface area contributed by atoms with E-state index in [1.54, 1.807) is 44.3 Å². The third-order valence-corrected chi connectivity index (χ3v) is 4.42. The summed E-state index contributed by atoms with van der Waals surface area (Å²) in [6.45, 7) is 2.23. The number of rotatable bonds is 5. The SMILES string of the molecule is C[C@@H]1Oc2ccc(NC(=O)NCCCc3ccc(O)cc3)cc2N(C)C1=O. The van der Waals surface area contributed by atoms with E-state index in [1.165, 1.54) is 4.90 Å². The molecule has 0 unspecified atom stereocenters. The number of hydrogen-bond acceptors (Lipinski definition) is 4. The highest BCUT2D eigenvalue weighted by atomic mass is 16.5. The van der Waals surface area contributed by atoms with E-state index in [-0.39, 0.29) is 17.7 Å². The van der Waals surface area contributed by atoms with Crippen LogP contribution in [0, 0.1) is 0 Å². The van der Waals surface area contributed by atoms with Gasteiger partial charge < -0.3 is 25.4 Å². The highest BCUT2D eigenvalue weighted by molar-refractivity contribution is 6.00. The van der Waals surface area contributed by atoms with Gasteiger partial charge >= 0.3 is 6.03 Å². The molecule has 0 saturated heterocycles. The number of likely N-dealkylation sites (N-methyl/N-ethyl adjacent to an activating group) is 1. The molecular formula is C20H23N3O4. The number of urea groups is 1. The van der Waals surface area contributed by atoms with Crippen LogP contribution in [-0.4, -0.2) is 36.7 Å². The number of phenolic OH excluding ortho intramolecular Hbond substituents is 1. The van der Waals surface area contributed by atoms with Crippen molar-refractivity contribution in [1.82, 2.24) is 5.32 Å². The minimum absolute atomic E-state index is 0.127. The van der Waals surface area contributed by atoms with E-state index in [1.807, 2.05) is 12.1 Å². The minimum Gasteiger partial charge on any atom is -0.508 e. The Balaban J connectivity index is 1.49. The van der Waals surface area contributed by atoms with Crippen molar-refractivity contribution in [3.05, 3.63) is 48.0 Å². The van der Waals surface area contributed by atoms with Gasteiger partial charge in [-0.1, -0.05) is 12.1 Å². The van der Waals surface area contributed by atoms with E-state index in [4.69, 9.17) is 4.74 Å². The van der Waals surface area contributed by atoms with Crippen LogP contribution in [0.3, 0.4) is 0 Å². The first-order chi connectivity index (χ1) is 12.9. The van der Waals surface area contributed by atoms with E-state index in [9.17, 15) is 14.7 Å². The average Bonchev–Trinajstić information content (AvgIpc) is 2.65. The van der Waals surface area contributed by atoms with Gasteiger partial charge in [0.15, 0.2) is 6.10 Å². The second-order valence-electron chi connectivity index (χ2n) is 6.49. The third kappa shape index (κ3) is 4.49. The van der Waals surface area contributed by atoms with Crippen LogP contribution < -0.4 is 20.3 Å². The van der Waals surface area contributed by atoms with Crippen LogP contribution in [0.15, 0.2) is 42.5 Å². The molecule has 0 saturated carbocycles. The first kappa shape index (κ1) is 18.6. The Morgan fingerprint density at radius 3 is 2.70 bits per heavy atom. The predicted molar refractivity (Wildman–Crippen MR) is 103 cm³/mol. The van der Waals surface area contributed by atoms with Crippen LogP contribution in [-0.2, 0) is 11.2 Å². The van der Waals surface area contributed by atoms with Gasteiger partial charge in [0.2, 0.25) is 0 Å². The molecule has 3 N–H and O–H groups in total.